The summed E-state index contributed by atoms with van der Waals surface area (Å²) in [7, 11) is 0. The minimum absolute atomic E-state index is 0.0967. The normalized spacial score (nSPS) is 12.2. The summed E-state index contributed by atoms with van der Waals surface area (Å²) in [6, 6.07) is 15.4. The Morgan fingerprint density at radius 3 is 2.81 bits per heavy atom. The molecule has 26 heavy (non-hydrogen) atoms. The summed E-state index contributed by atoms with van der Waals surface area (Å²) in [6.45, 7) is 0.205. The number of carbonyl (C=O) groups is 1. The zero-order valence-electron chi connectivity index (χ0n) is 13.7. The molecule has 2 heterocycles. The number of anilines is 1. The number of hydrogen-bond donors (Lipinski definition) is 1. The summed E-state index contributed by atoms with van der Waals surface area (Å²) in [4.78, 5) is 13.3. The van der Waals surface area contributed by atoms with Crippen molar-refractivity contribution in [2.24, 2.45) is 0 Å². The maximum Gasteiger partial charge on any atom is 0.322 e. The highest BCUT2D eigenvalue weighted by Crippen LogP contribution is 2.32. The van der Waals surface area contributed by atoms with Gasteiger partial charge in [0.1, 0.15) is 0 Å². The molecule has 0 fully saturated rings. The number of fused-ring (bicyclic) bond motifs is 1. The van der Waals surface area contributed by atoms with Crippen LogP contribution in [-0.2, 0) is 17.0 Å². The third-order valence-corrected chi connectivity index (χ3v) is 4.62. The number of carbonyl (C=O) groups excluding carboxylic acids is 1. The Kier molecular flexibility index (Phi) is 4.74. The molecule has 0 aliphatic carbocycles. The van der Waals surface area contributed by atoms with Gasteiger partial charge in [-0.1, -0.05) is 29.4 Å². The van der Waals surface area contributed by atoms with Crippen LogP contribution in [0.25, 0.3) is 0 Å². The number of thioether (sulfide) groups is 1. The van der Waals surface area contributed by atoms with Crippen molar-refractivity contribution in [1.29, 1.82) is 0 Å². The lowest BCUT2D eigenvalue weighted by Gasteiger charge is -2.02. The van der Waals surface area contributed by atoms with Gasteiger partial charge in [-0.2, -0.15) is 0 Å². The molecule has 0 bridgehead atoms. The Bertz CT molecular complexity index is 914. The van der Waals surface area contributed by atoms with E-state index >= 15 is 0 Å². The topological polar surface area (TPSA) is 86.5 Å². The Balaban J connectivity index is 1.31. The van der Waals surface area contributed by atoms with E-state index in [1.165, 1.54) is 0 Å². The van der Waals surface area contributed by atoms with Crippen LogP contribution in [0.2, 0.25) is 0 Å². The predicted molar refractivity (Wildman–Crippen MR) is 95.2 cm³/mol. The largest absolute Gasteiger partial charge is 0.454 e. The van der Waals surface area contributed by atoms with Crippen molar-refractivity contribution >= 4 is 23.7 Å². The van der Waals surface area contributed by atoms with Gasteiger partial charge < -0.3 is 13.9 Å². The summed E-state index contributed by atoms with van der Waals surface area (Å²) >= 11 is 1.59. The molecule has 2 aromatic carbocycles. The second-order valence-electron chi connectivity index (χ2n) is 5.52. The van der Waals surface area contributed by atoms with Gasteiger partial charge in [-0.15, -0.1) is 16.9 Å². The fourth-order valence-corrected chi connectivity index (χ4v) is 3.18. The van der Waals surface area contributed by atoms with Gasteiger partial charge in [-0.05, 0) is 29.8 Å². The highest BCUT2D eigenvalue weighted by atomic mass is 32.2. The SMILES string of the molecule is O=C(Cc1ccc2c(c1)OCO2)Nc1nnc(CSc2ccccc2)o1. The number of nitrogens with zero attached hydrogens (tertiary/aromatic N) is 2. The summed E-state index contributed by atoms with van der Waals surface area (Å²) in [5, 5.41) is 10.4. The first-order valence-corrected chi connectivity index (χ1v) is 8.93. The number of aromatic nitrogens is 2. The maximum absolute atomic E-state index is 12.2. The summed E-state index contributed by atoms with van der Waals surface area (Å²) in [5.41, 5.74) is 0.811. The van der Waals surface area contributed by atoms with E-state index in [-0.39, 0.29) is 25.1 Å². The van der Waals surface area contributed by atoms with Gasteiger partial charge >= 0.3 is 6.01 Å². The van der Waals surface area contributed by atoms with Crippen molar-refractivity contribution in [2.75, 3.05) is 12.1 Å². The van der Waals surface area contributed by atoms with Crippen LogP contribution in [0.1, 0.15) is 11.5 Å². The molecule has 0 saturated carbocycles. The van der Waals surface area contributed by atoms with Gasteiger partial charge in [0.2, 0.25) is 18.6 Å². The first-order valence-electron chi connectivity index (χ1n) is 7.95. The molecule has 8 heteroatoms. The number of hydrogen-bond acceptors (Lipinski definition) is 7. The first-order chi connectivity index (χ1) is 12.8. The van der Waals surface area contributed by atoms with Gasteiger partial charge in [0, 0.05) is 4.90 Å². The van der Waals surface area contributed by atoms with E-state index in [9.17, 15) is 4.79 Å². The van der Waals surface area contributed by atoms with Crippen LogP contribution in [0, 0.1) is 0 Å². The molecular weight excluding hydrogens is 354 g/mol. The molecule has 0 atom stereocenters. The van der Waals surface area contributed by atoms with Crippen LogP contribution in [0.15, 0.2) is 57.8 Å². The molecule has 4 rings (SSSR count). The van der Waals surface area contributed by atoms with Gasteiger partial charge in [0.05, 0.1) is 12.2 Å². The van der Waals surface area contributed by atoms with E-state index in [1.807, 2.05) is 36.4 Å². The van der Waals surface area contributed by atoms with Gasteiger partial charge in [-0.3, -0.25) is 10.1 Å². The number of rotatable bonds is 6. The third kappa shape index (κ3) is 3.97. The average Bonchev–Trinajstić information content (AvgIpc) is 3.29. The molecule has 1 N–H and O–H groups in total. The lowest BCUT2D eigenvalue weighted by atomic mass is 10.1. The van der Waals surface area contributed by atoms with Crippen molar-refractivity contribution in [3.63, 3.8) is 0 Å². The number of nitrogens with one attached hydrogen (secondary N) is 1. The van der Waals surface area contributed by atoms with Crippen LogP contribution in [0.5, 0.6) is 11.5 Å². The van der Waals surface area contributed by atoms with Crippen molar-refractivity contribution in [3.8, 4) is 11.5 Å². The number of ether oxygens (including phenoxy) is 2. The number of benzene rings is 2. The third-order valence-electron chi connectivity index (χ3n) is 3.62. The zero-order valence-corrected chi connectivity index (χ0v) is 14.5. The van der Waals surface area contributed by atoms with E-state index in [2.05, 4.69) is 15.5 Å². The monoisotopic (exact) mass is 369 g/mol. The smallest absolute Gasteiger partial charge is 0.322 e. The van der Waals surface area contributed by atoms with Gasteiger partial charge in [-0.25, -0.2) is 0 Å². The van der Waals surface area contributed by atoms with Crippen molar-refractivity contribution < 1.29 is 18.7 Å². The molecule has 0 saturated heterocycles. The standard InChI is InChI=1S/C18H15N3O4S/c22-16(9-12-6-7-14-15(8-12)24-11-23-14)19-18-21-20-17(25-18)10-26-13-4-2-1-3-5-13/h1-8H,9-11H2,(H,19,21,22). The molecular formula is C18H15N3O4S. The molecule has 1 aliphatic heterocycles. The van der Waals surface area contributed by atoms with Crippen LogP contribution >= 0.6 is 11.8 Å². The van der Waals surface area contributed by atoms with E-state index < -0.39 is 0 Å². The molecule has 1 aromatic heterocycles. The summed E-state index contributed by atoms with van der Waals surface area (Å²) < 4.78 is 16.0. The molecule has 1 amide bonds. The Labute approximate surface area is 153 Å². The lowest BCUT2D eigenvalue weighted by molar-refractivity contribution is -0.115. The lowest BCUT2D eigenvalue weighted by Crippen LogP contribution is -2.14. The molecule has 1 aliphatic rings. The first kappa shape index (κ1) is 16.5. The molecule has 3 aromatic rings. The second kappa shape index (κ2) is 7.49. The molecule has 132 valence electrons. The van der Waals surface area contributed by atoms with E-state index in [0.29, 0.717) is 23.1 Å². The average molecular weight is 369 g/mol. The van der Waals surface area contributed by atoms with Crippen molar-refractivity contribution in [3.05, 3.63) is 60.0 Å². The van der Waals surface area contributed by atoms with Crippen molar-refractivity contribution in [2.45, 2.75) is 17.1 Å². The highest BCUT2D eigenvalue weighted by Gasteiger charge is 2.15. The molecule has 0 unspecified atom stereocenters. The minimum Gasteiger partial charge on any atom is -0.454 e. The Morgan fingerprint density at radius 1 is 1.08 bits per heavy atom. The van der Waals surface area contributed by atoms with E-state index in [0.717, 1.165) is 10.5 Å². The number of amides is 1. The predicted octanol–water partition coefficient (Wildman–Crippen LogP) is 3.27. The van der Waals surface area contributed by atoms with Crippen LogP contribution in [-0.4, -0.2) is 22.9 Å². The quantitative estimate of drug-likeness (QED) is 0.667. The van der Waals surface area contributed by atoms with Gasteiger partial charge in [0.15, 0.2) is 11.5 Å². The Morgan fingerprint density at radius 2 is 1.92 bits per heavy atom. The molecule has 0 spiro atoms. The fourth-order valence-electron chi connectivity index (χ4n) is 2.42. The Hall–Kier alpha value is -3.00. The maximum atomic E-state index is 12.2. The minimum atomic E-state index is -0.241. The highest BCUT2D eigenvalue weighted by molar-refractivity contribution is 7.98. The van der Waals surface area contributed by atoms with E-state index in [4.69, 9.17) is 13.9 Å². The van der Waals surface area contributed by atoms with Crippen LogP contribution in [0.3, 0.4) is 0 Å². The van der Waals surface area contributed by atoms with Gasteiger partial charge in [0.25, 0.3) is 0 Å². The molecule has 0 radical (unpaired) electrons. The molecule has 7 nitrogen and oxygen atoms in total. The summed E-state index contributed by atoms with van der Waals surface area (Å²) in [6.07, 6.45) is 0.174. The van der Waals surface area contributed by atoms with E-state index in [1.54, 1.807) is 23.9 Å². The second-order valence-corrected chi connectivity index (χ2v) is 6.56. The fraction of sp³-hybridized carbons (Fsp3) is 0.167. The zero-order chi connectivity index (χ0) is 17.8. The summed E-state index contributed by atoms with van der Waals surface area (Å²) in [5.74, 6) is 2.08. The van der Waals surface area contributed by atoms with Crippen LogP contribution < -0.4 is 14.8 Å². The van der Waals surface area contributed by atoms with Crippen LogP contribution in [0.4, 0.5) is 6.01 Å². The van der Waals surface area contributed by atoms with Crippen molar-refractivity contribution in [1.82, 2.24) is 10.2 Å².